The van der Waals surface area contributed by atoms with E-state index in [9.17, 15) is 18.5 Å². The van der Waals surface area contributed by atoms with Gasteiger partial charge < -0.3 is 5.11 Å². The molecule has 118 valence electrons. The smallest absolute Gasteiger partial charge is 0.289 e. The van der Waals surface area contributed by atoms with Crippen molar-refractivity contribution in [2.75, 3.05) is 6.61 Å². The summed E-state index contributed by atoms with van der Waals surface area (Å²) in [6.45, 7) is 3.46. The van der Waals surface area contributed by atoms with Gasteiger partial charge in [0.1, 0.15) is 5.02 Å². The van der Waals surface area contributed by atoms with Gasteiger partial charge in [0.25, 0.3) is 5.69 Å². The number of nitro groups is 1. The zero-order chi connectivity index (χ0) is 16.2. The summed E-state index contributed by atoms with van der Waals surface area (Å²) in [6.07, 6.45) is 0.257. The Morgan fingerprint density at radius 2 is 2.05 bits per heavy atom. The van der Waals surface area contributed by atoms with E-state index in [-0.39, 0.29) is 28.9 Å². The van der Waals surface area contributed by atoms with Gasteiger partial charge in [-0.05, 0) is 24.5 Å². The maximum absolute atomic E-state index is 12.2. The largest absolute Gasteiger partial charge is 0.396 e. The van der Waals surface area contributed by atoms with E-state index in [0.717, 1.165) is 6.07 Å². The minimum Gasteiger partial charge on any atom is -0.396 e. The van der Waals surface area contributed by atoms with E-state index in [1.54, 1.807) is 0 Å². The van der Waals surface area contributed by atoms with Crippen molar-refractivity contribution in [2.24, 2.45) is 5.92 Å². The zero-order valence-electron chi connectivity index (χ0n) is 11.6. The molecule has 0 amide bonds. The molecule has 0 aliphatic heterocycles. The number of nitrogens with one attached hydrogen (secondary N) is 1. The molecule has 1 unspecified atom stereocenters. The summed E-state index contributed by atoms with van der Waals surface area (Å²) in [5, 5.41) is 19.6. The maximum Gasteiger partial charge on any atom is 0.289 e. The average molecular weight is 337 g/mol. The van der Waals surface area contributed by atoms with E-state index >= 15 is 0 Å². The fraction of sp³-hybridized carbons (Fsp3) is 0.500. The molecule has 0 saturated heterocycles. The van der Waals surface area contributed by atoms with Crippen molar-refractivity contribution < 1.29 is 18.4 Å². The van der Waals surface area contributed by atoms with Gasteiger partial charge in [-0.2, -0.15) is 0 Å². The van der Waals surface area contributed by atoms with Crippen LogP contribution in [0.1, 0.15) is 20.3 Å². The number of halogens is 1. The first-order valence-electron chi connectivity index (χ1n) is 6.26. The minimum atomic E-state index is -3.92. The van der Waals surface area contributed by atoms with Crippen molar-refractivity contribution in [2.45, 2.75) is 31.2 Å². The highest BCUT2D eigenvalue weighted by molar-refractivity contribution is 7.89. The molecule has 0 spiro atoms. The molecule has 0 radical (unpaired) electrons. The van der Waals surface area contributed by atoms with Crippen LogP contribution in [-0.2, 0) is 10.0 Å². The summed E-state index contributed by atoms with van der Waals surface area (Å²) in [4.78, 5) is 9.83. The number of sulfonamides is 1. The molecule has 0 aromatic heterocycles. The summed E-state index contributed by atoms with van der Waals surface area (Å²) in [6, 6.07) is 2.83. The molecule has 1 aromatic rings. The van der Waals surface area contributed by atoms with E-state index in [2.05, 4.69) is 4.72 Å². The van der Waals surface area contributed by atoms with Gasteiger partial charge in [0.2, 0.25) is 10.0 Å². The van der Waals surface area contributed by atoms with Gasteiger partial charge in [-0.1, -0.05) is 25.4 Å². The molecule has 2 N–H and O–H groups in total. The molecule has 1 aromatic carbocycles. The Hall–Kier alpha value is -1.22. The van der Waals surface area contributed by atoms with E-state index in [1.807, 2.05) is 13.8 Å². The van der Waals surface area contributed by atoms with Crippen LogP contribution in [0.5, 0.6) is 0 Å². The van der Waals surface area contributed by atoms with Crippen LogP contribution in [0, 0.1) is 16.0 Å². The highest BCUT2D eigenvalue weighted by atomic mass is 35.5. The lowest BCUT2D eigenvalue weighted by molar-refractivity contribution is -0.384. The third-order valence-electron chi connectivity index (χ3n) is 2.98. The first-order chi connectivity index (χ1) is 9.69. The summed E-state index contributed by atoms with van der Waals surface area (Å²) in [7, 11) is -3.92. The molecule has 21 heavy (non-hydrogen) atoms. The summed E-state index contributed by atoms with van der Waals surface area (Å²) in [5.74, 6) is -0.0331. The number of hydrogen-bond donors (Lipinski definition) is 2. The van der Waals surface area contributed by atoms with Crippen molar-refractivity contribution >= 4 is 27.3 Å². The van der Waals surface area contributed by atoms with Crippen LogP contribution >= 0.6 is 11.6 Å². The molecular formula is C12H17ClN2O5S. The second-order valence-corrected chi connectivity index (χ2v) is 6.98. The van der Waals surface area contributed by atoms with Crippen LogP contribution in [0.2, 0.25) is 5.02 Å². The molecule has 1 atom stereocenters. The fourth-order valence-electron chi connectivity index (χ4n) is 1.73. The third kappa shape index (κ3) is 4.63. The van der Waals surface area contributed by atoms with Gasteiger partial charge in [0.05, 0.1) is 9.82 Å². The molecule has 0 fully saturated rings. The predicted octanol–water partition coefficient (Wildman–Crippen LogP) is 1.93. The van der Waals surface area contributed by atoms with Gasteiger partial charge in [0.15, 0.2) is 0 Å². The van der Waals surface area contributed by atoms with Crippen molar-refractivity contribution in [3.05, 3.63) is 33.3 Å². The van der Waals surface area contributed by atoms with Gasteiger partial charge >= 0.3 is 0 Å². The quantitative estimate of drug-likeness (QED) is 0.584. The fourth-order valence-corrected chi connectivity index (χ4v) is 3.36. The van der Waals surface area contributed by atoms with Crippen LogP contribution in [0.25, 0.3) is 0 Å². The van der Waals surface area contributed by atoms with Crippen LogP contribution in [0.4, 0.5) is 5.69 Å². The zero-order valence-corrected chi connectivity index (χ0v) is 13.2. The Bertz CT molecular complexity index is 618. The van der Waals surface area contributed by atoms with Crippen molar-refractivity contribution in [1.82, 2.24) is 4.72 Å². The molecule has 0 bridgehead atoms. The molecule has 9 heteroatoms. The summed E-state index contributed by atoms with van der Waals surface area (Å²) < 4.78 is 26.9. The number of rotatable bonds is 7. The van der Waals surface area contributed by atoms with Gasteiger partial charge in [0, 0.05) is 18.7 Å². The van der Waals surface area contributed by atoms with Gasteiger partial charge in [-0.15, -0.1) is 0 Å². The lowest BCUT2D eigenvalue weighted by Crippen LogP contribution is -2.39. The van der Waals surface area contributed by atoms with Crippen LogP contribution in [0.15, 0.2) is 23.1 Å². The Morgan fingerprint density at radius 1 is 1.43 bits per heavy atom. The molecule has 0 heterocycles. The molecule has 1 rings (SSSR count). The number of aliphatic hydroxyl groups excluding tert-OH is 1. The first kappa shape index (κ1) is 17.8. The predicted molar refractivity (Wildman–Crippen MR) is 78.8 cm³/mol. The summed E-state index contributed by atoms with van der Waals surface area (Å²) >= 11 is 5.66. The highest BCUT2D eigenvalue weighted by Crippen LogP contribution is 2.27. The SMILES string of the molecule is CC(C)C(CCO)NS(=O)(=O)c1ccc(Cl)c([N+](=O)[O-])c1. The number of hydrogen-bond acceptors (Lipinski definition) is 5. The van der Waals surface area contributed by atoms with Gasteiger partial charge in [-0.25, -0.2) is 13.1 Å². The Kier molecular flexibility index (Phi) is 6.09. The van der Waals surface area contributed by atoms with Crippen molar-refractivity contribution in [3.8, 4) is 0 Å². The molecule has 0 aliphatic rings. The topological polar surface area (TPSA) is 110 Å². The molecular weight excluding hydrogens is 320 g/mol. The molecule has 0 aliphatic carbocycles. The Balaban J connectivity index is 3.13. The second kappa shape index (κ2) is 7.17. The standard InChI is InChI=1S/C12H17ClN2O5S/c1-8(2)11(5-6-16)14-21(19,20)9-3-4-10(13)12(7-9)15(17)18/h3-4,7-8,11,14,16H,5-6H2,1-2H3. The highest BCUT2D eigenvalue weighted by Gasteiger charge is 2.24. The lowest BCUT2D eigenvalue weighted by atomic mass is 10.0. The Morgan fingerprint density at radius 3 is 2.52 bits per heavy atom. The van der Waals surface area contributed by atoms with E-state index in [1.165, 1.54) is 12.1 Å². The third-order valence-corrected chi connectivity index (χ3v) is 4.78. The van der Waals surface area contributed by atoms with E-state index in [4.69, 9.17) is 16.7 Å². The minimum absolute atomic E-state index is 0.0331. The average Bonchev–Trinajstić information content (AvgIpc) is 2.37. The van der Waals surface area contributed by atoms with Crippen LogP contribution < -0.4 is 4.72 Å². The monoisotopic (exact) mass is 336 g/mol. The second-order valence-electron chi connectivity index (χ2n) is 4.85. The van der Waals surface area contributed by atoms with Crippen molar-refractivity contribution in [3.63, 3.8) is 0 Å². The van der Waals surface area contributed by atoms with E-state index < -0.39 is 26.7 Å². The van der Waals surface area contributed by atoms with E-state index in [0.29, 0.717) is 0 Å². The first-order valence-corrected chi connectivity index (χ1v) is 8.12. The van der Waals surface area contributed by atoms with Crippen LogP contribution in [0.3, 0.4) is 0 Å². The molecule has 7 nitrogen and oxygen atoms in total. The lowest BCUT2D eigenvalue weighted by Gasteiger charge is -2.21. The van der Waals surface area contributed by atoms with Crippen molar-refractivity contribution in [1.29, 1.82) is 0 Å². The number of nitrogens with zero attached hydrogens (tertiary/aromatic N) is 1. The summed E-state index contributed by atoms with van der Waals surface area (Å²) in [5.41, 5.74) is -0.470. The maximum atomic E-state index is 12.2. The van der Waals surface area contributed by atoms with Crippen LogP contribution in [-0.4, -0.2) is 31.1 Å². The number of nitro benzene ring substituents is 1. The molecule has 0 saturated carbocycles. The Labute approximate surface area is 128 Å². The van der Waals surface area contributed by atoms with Gasteiger partial charge in [-0.3, -0.25) is 10.1 Å². The number of benzene rings is 1. The normalized spacial score (nSPS) is 13.4. The number of aliphatic hydroxyl groups is 1.